The number of alkyl halides is 4. The fourth-order valence-electron chi connectivity index (χ4n) is 2.83. The van der Waals surface area contributed by atoms with E-state index >= 15 is 0 Å². The predicted molar refractivity (Wildman–Crippen MR) is 97.1 cm³/mol. The fourth-order valence-corrected chi connectivity index (χ4v) is 2.83. The highest BCUT2D eigenvalue weighted by Gasteiger charge is 2.42. The number of carbonyl (C=O) groups is 2. The lowest BCUT2D eigenvalue weighted by molar-refractivity contribution is -0.149. The molecule has 1 heterocycles. The van der Waals surface area contributed by atoms with Crippen LogP contribution in [0, 0.1) is 0 Å². The van der Waals surface area contributed by atoms with Crippen LogP contribution in [0.1, 0.15) is 12.5 Å². The van der Waals surface area contributed by atoms with Crippen LogP contribution in [0.3, 0.4) is 0 Å². The molecule has 0 bridgehead atoms. The third-order valence-corrected chi connectivity index (χ3v) is 4.39. The number of halogens is 4. The molecule has 5 nitrogen and oxygen atoms in total. The zero-order valence-corrected chi connectivity index (χ0v) is 15.5. The Morgan fingerprint density at radius 3 is 2.32 bits per heavy atom. The lowest BCUT2D eigenvalue weighted by Crippen LogP contribution is -2.56. The minimum Gasteiger partial charge on any atom is -0.341 e. The average Bonchev–Trinajstić information content (AvgIpc) is 2.67. The van der Waals surface area contributed by atoms with Crippen molar-refractivity contribution in [1.29, 1.82) is 0 Å². The molecule has 2 amide bonds. The Labute approximate surface area is 161 Å². The second-order valence-electron chi connectivity index (χ2n) is 6.64. The first-order valence-corrected chi connectivity index (χ1v) is 8.90. The Bertz CT molecular complexity index is 690. The van der Waals surface area contributed by atoms with Gasteiger partial charge in [-0.15, -0.1) is 0 Å². The summed E-state index contributed by atoms with van der Waals surface area (Å²) >= 11 is 0. The van der Waals surface area contributed by atoms with E-state index in [0.717, 1.165) is 5.56 Å². The second-order valence-corrected chi connectivity index (χ2v) is 6.64. The molecule has 1 aromatic rings. The predicted octanol–water partition coefficient (Wildman–Crippen LogP) is 2.25. The lowest BCUT2D eigenvalue weighted by atomic mass is 10.2. The summed E-state index contributed by atoms with van der Waals surface area (Å²) in [5.41, 5.74) is 0.841. The van der Waals surface area contributed by atoms with Crippen LogP contribution in [0.4, 0.5) is 17.6 Å². The normalized spacial score (nSPS) is 17.1. The molecule has 0 saturated carbocycles. The number of nitrogens with one attached hydrogen (secondary N) is 1. The molecule has 9 heteroatoms. The molecule has 154 valence electrons. The summed E-state index contributed by atoms with van der Waals surface area (Å²) in [7, 11) is 0. The van der Waals surface area contributed by atoms with E-state index in [4.69, 9.17) is 0 Å². The van der Waals surface area contributed by atoms with Gasteiger partial charge in [-0.3, -0.25) is 14.5 Å². The Balaban J connectivity index is 1.79. The maximum Gasteiger partial charge on any atom is 0.319 e. The van der Waals surface area contributed by atoms with Gasteiger partial charge in [-0.25, -0.2) is 8.78 Å². The van der Waals surface area contributed by atoms with Crippen LogP contribution in [-0.2, 0) is 9.59 Å². The zero-order valence-electron chi connectivity index (χ0n) is 15.5. The fraction of sp³-hybridized carbons (Fsp3) is 0.474. The third-order valence-electron chi connectivity index (χ3n) is 4.39. The molecule has 0 radical (unpaired) electrons. The van der Waals surface area contributed by atoms with E-state index in [-0.39, 0.29) is 32.1 Å². The van der Waals surface area contributed by atoms with Crippen molar-refractivity contribution in [3.05, 3.63) is 42.0 Å². The summed E-state index contributed by atoms with van der Waals surface area (Å²) in [5, 5.41) is 2.56. The number of hydrogen-bond donors (Lipinski definition) is 1. The molecule has 1 aliphatic rings. The summed E-state index contributed by atoms with van der Waals surface area (Å²) in [5.74, 6) is -4.85. The van der Waals surface area contributed by atoms with Gasteiger partial charge in [0.05, 0.1) is 6.54 Å². The van der Waals surface area contributed by atoms with E-state index < -0.39 is 30.8 Å². The van der Waals surface area contributed by atoms with Crippen LogP contribution >= 0.6 is 0 Å². The molecule has 2 rings (SSSR count). The molecule has 0 aromatic heterocycles. The number of rotatable bonds is 7. The van der Waals surface area contributed by atoms with E-state index in [9.17, 15) is 27.2 Å². The van der Waals surface area contributed by atoms with Crippen molar-refractivity contribution in [3.8, 4) is 0 Å². The van der Waals surface area contributed by atoms with Crippen LogP contribution in [0.5, 0.6) is 0 Å². The first kappa shape index (κ1) is 21.9. The van der Waals surface area contributed by atoms with Gasteiger partial charge in [0.1, 0.15) is 6.04 Å². The van der Waals surface area contributed by atoms with Crippen molar-refractivity contribution < 1.29 is 27.2 Å². The third kappa shape index (κ3) is 6.33. The molecule has 1 N–H and O–H groups in total. The Morgan fingerprint density at radius 1 is 1.14 bits per heavy atom. The molecule has 1 aromatic carbocycles. The lowest BCUT2D eigenvalue weighted by Gasteiger charge is -2.37. The quantitative estimate of drug-likeness (QED) is 0.563. The smallest absolute Gasteiger partial charge is 0.319 e. The first-order valence-electron chi connectivity index (χ1n) is 8.90. The highest BCUT2D eigenvalue weighted by Crippen LogP contribution is 2.24. The molecule has 28 heavy (non-hydrogen) atoms. The van der Waals surface area contributed by atoms with E-state index in [2.05, 4.69) is 5.32 Å². The van der Waals surface area contributed by atoms with Crippen LogP contribution in [0.2, 0.25) is 0 Å². The maximum atomic E-state index is 13.1. The molecule has 1 saturated heterocycles. The van der Waals surface area contributed by atoms with Gasteiger partial charge in [-0.2, -0.15) is 8.78 Å². The molecule has 1 atom stereocenters. The van der Waals surface area contributed by atoms with E-state index in [0.29, 0.717) is 0 Å². The molecule has 1 fully saturated rings. The number of benzene rings is 1. The minimum absolute atomic E-state index is 0.0720. The zero-order chi connectivity index (χ0) is 20.7. The summed E-state index contributed by atoms with van der Waals surface area (Å²) in [4.78, 5) is 27.0. The van der Waals surface area contributed by atoms with Gasteiger partial charge in [0.2, 0.25) is 11.8 Å². The van der Waals surface area contributed by atoms with Crippen molar-refractivity contribution in [2.45, 2.75) is 25.3 Å². The van der Waals surface area contributed by atoms with Crippen LogP contribution < -0.4 is 5.32 Å². The Morgan fingerprint density at radius 2 is 1.75 bits per heavy atom. The molecule has 0 aliphatic carbocycles. The standard InChI is InChI=1S/C19H23F4N3O2/c1-14(24-16(27)8-7-15-5-3-2-4-6-15)17(28)26-11-9-25(10-12-26)13-19(22,23)18(20)21/h2-8,14,18H,9-13H2,1H3,(H,24,27)/b8-7+. The van der Waals surface area contributed by atoms with Crippen molar-refractivity contribution in [2.24, 2.45) is 0 Å². The minimum atomic E-state index is -4.07. The van der Waals surface area contributed by atoms with E-state index in [1.165, 1.54) is 22.8 Å². The van der Waals surface area contributed by atoms with Gasteiger partial charge in [0.15, 0.2) is 0 Å². The largest absolute Gasteiger partial charge is 0.341 e. The van der Waals surface area contributed by atoms with Gasteiger partial charge >= 0.3 is 12.3 Å². The van der Waals surface area contributed by atoms with E-state index in [1.54, 1.807) is 6.08 Å². The van der Waals surface area contributed by atoms with Crippen LogP contribution in [-0.4, -0.2) is 72.7 Å². The maximum absolute atomic E-state index is 13.1. The molecule has 0 spiro atoms. The van der Waals surface area contributed by atoms with Crippen molar-refractivity contribution in [3.63, 3.8) is 0 Å². The molecule has 1 aliphatic heterocycles. The van der Waals surface area contributed by atoms with E-state index in [1.807, 2.05) is 30.3 Å². The van der Waals surface area contributed by atoms with Gasteiger partial charge < -0.3 is 10.2 Å². The Hall–Kier alpha value is -2.42. The SMILES string of the molecule is CC(NC(=O)/C=C/c1ccccc1)C(=O)N1CCN(CC(F)(F)C(F)F)CC1. The summed E-state index contributed by atoms with van der Waals surface area (Å²) in [6, 6.07) is 8.39. The molecule has 1 unspecified atom stereocenters. The van der Waals surface area contributed by atoms with Gasteiger partial charge in [0.25, 0.3) is 0 Å². The highest BCUT2D eigenvalue weighted by molar-refractivity contribution is 5.95. The number of carbonyl (C=O) groups excluding carboxylic acids is 2. The van der Waals surface area contributed by atoms with Crippen LogP contribution in [0.15, 0.2) is 36.4 Å². The van der Waals surface area contributed by atoms with Crippen LogP contribution in [0.25, 0.3) is 6.08 Å². The summed E-state index contributed by atoms with van der Waals surface area (Å²) in [6.07, 6.45) is -0.774. The average molecular weight is 401 g/mol. The van der Waals surface area contributed by atoms with Gasteiger partial charge in [-0.1, -0.05) is 30.3 Å². The van der Waals surface area contributed by atoms with Crippen molar-refractivity contribution >= 4 is 17.9 Å². The van der Waals surface area contributed by atoms with Gasteiger partial charge in [0, 0.05) is 32.3 Å². The first-order chi connectivity index (χ1) is 13.2. The molecular formula is C19H23F4N3O2. The molecular weight excluding hydrogens is 378 g/mol. The number of piperazine rings is 1. The highest BCUT2D eigenvalue weighted by atomic mass is 19.3. The summed E-state index contributed by atoms with van der Waals surface area (Å²) in [6.45, 7) is 0.916. The van der Waals surface area contributed by atoms with Crippen molar-refractivity contribution in [1.82, 2.24) is 15.1 Å². The summed E-state index contributed by atoms with van der Waals surface area (Å²) < 4.78 is 50.8. The topological polar surface area (TPSA) is 52.7 Å². The van der Waals surface area contributed by atoms with Gasteiger partial charge in [-0.05, 0) is 18.6 Å². The van der Waals surface area contributed by atoms with Crippen molar-refractivity contribution in [2.75, 3.05) is 32.7 Å². The monoisotopic (exact) mass is 401 g/mol. The Kier molecular flexibility index (Phi) is 7.56. The number of amides is 2. The number of nitrogens with zero attached hydrogens (tertiary/aromatic N) is 2. The number of hydrogen-bond acceptors (Lipinski definition) is 3. The second kappa shape index (κ2) is 9.68.